The molecule has 1 unspecified atom stereocenters. The van der Waals surface area contributed by atoms with Gasteiger partial charge in [0.15, 0.2) is 0 Å². The maximum Gasteiger partial charge on any atom is 0.271 e. The first-order valence-electron chi connectivity index (χ1n) is 8.60. The van der Waals surface area contributed by atoms with Gasteiger partial charge in [-0.3, -0.25) is 9.59 Å². The molecule has 2 amide bonds. The first kappa shape index (κ1) is 21.3. The van der Waals surface area contributed by atoms with Crippen LogP contribution in [0.15, 0.2) is 29.6 Å². The van der Waals surface area contributed by atoms with E-state index in [0.29, 0.717) is 37.5 Å². The van der Waals surface area contributed by atoms with Crippen molar-refractivity contribution in [3.63, 3.8) is 0 Å². The lowest BCUT2D eigenvalue weighted by Gasteiger charge is -2.11. The molecular weight excluding hydrogens is 388 g/mol. The minimum absolute atomic E-state index is 0. The average molecular weight is 411 g/mol. The second kappa shape index (κ2) is 10.4. The minimum atomic E-state index is -0.370. The van der Waals surface area contributed by atoms with Crippen LogP contribution in [0.4, 0.5) is 5.69 Å². The van der Waals surface area contributed by atoms with E-state index in [1.54, 1.807) is 5.38 Å². The molecule has 1 aromatic heterocycles. The molecule has 0 spiro atoms. The summed E-state index contributed by atoms with van der Waals surface area (Å²) in [6, 6.07) is 7.39. The van der Waals surface area contributed by atoms with Crippen LogP contribution in [0.1, 0.15) is 33.9 Å². The normalized spacial score (nSPS) is 15.8. The third-order valence-corrected chi connectivity index (χ3v) is 4.92. The molecule has 3 rings (SSSR count). The number of amides is 2. The highest BCUT2D eigenvalue weighted by molar-refractivity contribution is 7.09. The second-order valence-corrected chi connectivity index (χ2v) is 6.98. The van der Waals surface area contributed by atoms with Crippen LogP contribution >= 0.6 is 23.7 Å². The highest BCUT2D eigenvalue weighted by Gasteiger charge is 2.23. The molecule has 146 valence electrons. The summed E-state index contributed by atoms with van der Waals surface area (Å²) in [5, 5.41) is 8.30. The van der Waals surface area contributed by atoms with Crippen molar-refractivity contribution in [3.8, 4) is 0 Å². The predicted molar refractivity (Wildman–Crippen MR) is 107 cm³/mol. The fourth-order valence-corrected chi connectivity index (χ4v) is 3.49. The van der Waals surface area contributed by atoms with Crippen molar-refractivity contribution in [2.45, 2.75) is 31.9 Å². The number of rotatable bonds is 7. The molecule has 4 N–H and O–H groups in total. The van der Waals surface area contributed by atoms with E-state index < -0.39 is 0 Å². The molecule has 2 heterocycles. The Morgan fingerprint density at radius 2 is 2.22 bits per heavy atom. The molecule has 1 aromatic carbocycles. The number of nitrogens with one attached hydrogen (secondary N) is 2. The van der Waals surface area contributed by atoms with Gasteiger partial charge in [0, 0.05) is 30.6 Å². The number of aromatic nitrogens is 1. The van der Waals surface area contributed by atoms with E-state index in [9.17, 15) is 9.59 Å². The van der Waals surface area contributed by atoms with Gasteiger partial charge in [0.25, 0.3) is 11.8 Å². The van der Waals surface area contributed by atoms with E-state index in [4.69, 9.17) is 10.5 Å². The average Bonchev–Trinajstić information content (AvgIpc) is 3.32. The molecule has 7 nitrogen and oxygen atoms in total. The molecular formula is C18H23ClN4O3S. The number of carbonyl (C=O) groups excluding carboxylic acids is 2. The molecule has 1 atom stereocenters. The highest BCUT2D eigenvalue weighted by Crippen LogP contribution is 2.16. The van der Waals surface area contributed by atoms with Crippen molar-refractivity contribution in [3.05, 3.63) is 45.9 Å². The quantitative estimate of drug-likeness (QED) is 0.648. The van der Waals surface area contributed by atoms with Crippen LogP contribution < -0.4 is 16.4 Å². The van der Waals surface area contributed by atoms with Gasteiger partial charge < -0.3 is 21.1 Å². The summed E-state index contributed by atoms with van der Waals surface area (Å²) in [7, 11) is 0. The number of hydrogen-bond donors (Lipinski definition) is 3. The second-order valence-electron chi connectivity index (χ2n) is 6.04. The van der Waals surface area contributed by atoms with Gasteiger partial charge >= 0.3 is 0 Å². The summed E-state index contributed by atoms with van der Waals surface area (Å²) in [5.41, 5.74) is 7.48. The largest absolute Gasteiger partial charge is 0.368 e. The van der Waals surface area contributed by atoms with Gasteiger partial charge in [-0.2, -0.15) is 0 Å². The number of hydrogen-bond acceptors (Lipinski definition) is 6. The summed E-state index contributed by atoms with van der Waals surface area (Å²) in [6.45, 7) is 1.50. The molecule has 9 heteroatoms. The van der Waals surface area contributed by atoms with Gasteiger partial charge in [-0.25, -0.2) is 4.98 Å². The van der Waals surface area contributed by atoms with Crippen molar-refractivity contribution in [1.29, 1.82) is 0 Å². The van der Waals surface area contributed by atoms with Crippen LogP contribution in [0.3, 0.4) is 0 Å². The molecule has 1 aliphatic rings. The van der Waals surface area contributed by atoms with Gasteiger partial charge in [-0.05, 0) is 37.1 Å². The molecule has 0 saturated carbocycles. The Bertz CT molecular complexity index is 777. The van der Waals surface area contributed by atoms with Crippen LogP contribution in [0.5, 0.6) is 0 Å². The highest BCUT2D eigenvalue weighted by atomic mass is 35.5. The number of nitrogens with two attached hydrogens (primary N) is 1. The number of anilines is 1. The Labute approximate surface area is 168 Å². The molecule has 0 aliphatic carbocycles. The lowest BCUT2D eigenvalue weighted by molar-refractivity contribution is -0.124. The summed E-state index contributed by atoms with van der Waals surface area (Å²) in [5.74, 6) is -0.350. The van der Waals surface area contributed by atoms with Gasteiger partial charge in [0.05, 0.1) is 5.01 Å². The first-order chi connectivity index (χ1) is 12.7. The monoisotopic (exact) mass is 410 g/mol. The summed E-state index contributed by atoms with van der Waals surface area (Å²) in [6.07, 6.45) is 1.96. The Hall–Kier alpha value is -2.00. The van der Waals surface area contributed by atoms with Crippen LogP contribution in [-0.4, -0.2) is 36.1 Å². The molecule has 2 aromatic rings. The zero-order valence-electron chi connectivity index (χ0n) is 14.8. The fourth-order valence-electron chi connectivity index (χ4n) is 2.69. The number of halogens is 1. The van der Waals surface area contributed by atoms with Crippen LogP contribution in [0, 0.1) is 0 Å². The van der Waals surface area contributed by atoms with Gasteiger partial charge in [-0.15, -0.1) is 23.7 Å². The molecule has 1 aliphatic heterocycles. The van der Waals surface area contributed by atoms with Gasteiger partial charge in [0.2, 0.25) is 0 Å². The zero-order valence-corrected chi connectivity index (χ0v) is 16.4. The van der Waals surface area contributed by atoms with Crippen LogP contribution in [-0.2, 0) is 22.5 Å². The number of carbonyl (C=O) groups is 2. The molecule has 1 saturated heterocycles. The lowest BCUT2D eigenvalue weighted by Crippen LogP contribution is -2.27. The van der Waals surface area contributed by atoms with E-state index in [1.807, 2.05) is 24.3 Å². The molecule has 1 fully saturated rings. The van der Waals surface area contributed by atoms with Crippen LogP contribution in [0.25, 0.3) is 0 Å². The summed E-state index contributed by atoms with van der Waals surface area (Å²) >= 11 is 1.43. The standard InChI is InChI=1S/C18H22N4O3S.ClH/c19-7-6-16-22-14(11-26-16)17(23)20-10-12-3-1-4-13(9-12)21-18(24)15-5-2-8-25-15;/h1,3-4,9,11,15H,2,5-8,10,19H2,(H,20,23)(H,21,24);1H. The number of benzene rings is 1. The maximum atomic E-state index is 12.2. The molecule has 0 bridgehead atoms. The van der Waals surface area contributed by atoms with E-state index in [-0.39, 0.29) is 30.3 Å². The van der Waals surface area contributed by atoms with Crippen molar-refractivity contribution in [2.24, 2.45) is 5.73 Å². The van der Waals surface area contributed by atoms with Crippen molar-refractivity contribution >= 4 is 41.2 Å². The summed E-state index contributed by atoms with van der Waals surface area (Å²) < 4.78 is 5.38. The van der Waals surface area contributed by atoms with E-state index in [2.05, 4.69) is 15.6 Å². The maximum absolute atomic E-state index is 12.2. The third-order valence-electron chi connectivity index (χ3n) is 4.01. The van der Waals surface area contributed by atoms with Gasteiger partial charge in [-0.1, -0.05) is 12.1 Å². The topological polar surface area (TPSA) is 106 Å². The van der Waals surface area contributed by atoms with E-state index >= 15 is 0 Å². The zero-order chi connectivity index (χ0) is 18.4. The van der Waals surface area contributed by atoms with Crippen molar-refractivity contribution < 1.29 is 14.3 Å². The number of ether oxygens (including phenoxy) is 1. The van der Waals surface area contributed by atoms with Gasteiger partial charge in [0.1, 0.15) is 11.8 Å². The lowest BCUT2D eigenvalue weighted by atomic mass is 10.2. The molecule has 0 radical (unpaired) electrons. The Morgan fingerprint density at radius 1 is 1.37 bits per heavy atom. The Morgan fingerprint density at radius 3 is 2.96 bits per heavy atom. The minimum Gasteiger partial charge on any atom is -0.368 e. The molecule has 27 heavy (non-hydrogen) atoms. The third kappa shape index (κ3) is 6.00. The van der Waals surface area contributed by atoms with E-state index in [1.165, 1.54) is 11.3 Å². The van der Waals surface area contributed by atoms with Crippen LogP contribution in [0.2, 0.25) is 0 Å². The Balaban J connectivity index is 0.00000261. The summed E-state index contributed by atoms with van der Waals surface area (Å²) in [4.78, 5) is 28.6. The fraction of sp³-hybridized carbons (Fsp3) is 0.389. The predicted octanol–water partition coefficient (Wildman–Crippen LogP) is 2.11. The number of thiazole rings is 1. The smallest absolute Gasteiger partial charge is 0.271 e. The SMILES string of the molecule is Cl.NCCc1nc(C(=O)NCc2cccc(NC(=O)C3CCCO3)c2)cs1. The Kier molecular flexibility index (Phi) is 8.18. The first-order valence-corrected chi connectivity index (χ1v) is 9.48. The van der Waals surface area contributed by atoms with Crippen molar-refractivity contribution in [2.75, 3.05) is 18.5 Å². The van der Waals surface area contributed by atoms with Crippen molar-refractivity contribution in [1.82, 2.24) is 10.3 Å². The van der Waals surface area contributed by atoms with E-state index in [0.717, 1.165) is 23.4 Å². The number of nitrogens with zero attached hydrogens (tertiary/aromatic N) is 1.